The van der Waals surface area contributed by atoms with Gasteiger partial charge in [0, 0.05) is 24.7 Å². The number of hydrogen-bond acceptors (Lipinski definition) is 4. The Morgan fingerprint density at radius 3 is 2.55 bits per heavy atom. The molecule has 2 aromatic rings. The lowest BCUT2D eigenvalue weighted by Crippen LogP contribution is -2.32. The van der Waals surface area contributed by atoms with Crippen molar-refractivity contribution in [1.82, 2.24) is 10.3 Å². The number of benzene rings is 1. The van der Waals surface area contributed by atoms with Gasteiger partial charge in [-0.3, -0.25) is 9.69 Å². The lowest BCUT2D eigenvalue weighted by atomic mass is 9.84. The monoisotopic (exact) mass is 416 g/mol. The largest absolute Gasteiger partial charge is 0.355 e. The van der Waals surface area contributed by atoms with Crippen LogP contribution in [0.25, 0.3) is 0 Å². The summed E-state index contributed by atoms with van der Waals surface area (Å²) in [5.74, 6) is 4.10. The van der Waals surface area contributed by atoms with Crippen LogP contribution in [0.4, 0.5) is 11.5 Å². The van der Waals surface area contributed by atoms with Gasteiger partial charge in [-0.2, -0.15) is 0 Å². The number of carbonyl (C=O) groups is 1. The topological polar surface area (TPSA) is 48.5 Å². The molecule has 1 saturated heterocycles. The van der Waals surface area contributed by atoms with E-state index in [0.29, 0.717) is 17.5 Å². The summed E-state index contributed by atoms with van der Waals surface area (Å²) in [5.41, 5.74) is 2.74. The van der Waals surface area contributed by atoms with Gasteiger partial charge in [-0.1, -0.05) is 37.3 Å². The number of rotatable bonds is 6. The zero-order chi connectivity index (χ0) is 21.6. The Bertz CT molecular complexity index is 910. The molecule has 31 heavy (non-hydrogen) atoms. The zero-order valence-electron chi connectivity index (χ0n) is 18.4. The third kappa shape index (κ3) is 4.91. The van der Waals surface area contributed by atoms with Crippen LogP contribution in [-0.4, -0.2) is 43.6 Å². The molecule has 1 saturated carbocycles. The highest BCUT2D eigenvalue weighted by molar-refractivity contribution is 6.06. The molecule has 2 aliphatic rings. The molecule has 5 nitrogen and oxygen atoms in total. The van der Waals surface area contributed by atoms with Crippen LogP contribution in [0.15, 0.2) is 42.6 Å². The molecule has 1 amide bonds. The van der Waals surface area contributed by atoms with Crippen molar-refractivity contribution in [3.8, 4) is 12.3 Å². The second-order valence-electron chi connectivity index (χ2n) is 8.65. The maximum atomic E-state index is 13.2. The highest BCUT2D eigenvalue weighted by Crippen LogP contribution is 2.32. The molecule has 2 heterocycles. The van der Waals surface area contributed by atoms with Crippen molar-refractivity contribution in [2.75, 3.05) is 36.5 Å². The van der Waals surface area contributed by atoms with Crippen molar-refractivity contribution in [3.63, 3.8) is 0 Å². The van der Waals surface area contributed by atoms with Crippen molar-refractivity contribution < 1.29 is 4.79 Å². The van der Waals surface area contributed by atoms with E-state index < -0.39 is 0 Å². The summed E-state index contributed by atoms with van der Waals surface area (Å²) < 4.78 is 0. The van der Waals surface area contributed by atoms with Gasteiger partial charge in [-0.05, 0) is 62.1 Å². The molecule has 1 aliphatic heterocycles. The Balaban J connectivity index is 1.47. The van der Waals surface area contributed by atoms with E-state index in [2.05, 4.69) is 33.3 Å². The fourth-order valence-corrected chi connectivity index (χ4v) is 4.79. The standard InChI is InChI=1S/C26H32N4O/c1-3-16-30(24-13-14-25(28-18-24)29-17-15-23(19-29)27-2)26(31)22-11-9-21(10-12-22)20-7-5-4-6-8-20/h1,9-14,18,20,23,27H,4-8,15-17,19H2,2H3. The summed E-state index contributed by atoms with van der Waals surface area (Å²) in [7, 11) is 2.00. The van der Waals surface area contributed by atoms with E-state index in [9.17, 15) is 4.79 Å². The SMILES string of the molecule is C#CCN(C(=O)c1ccc(C2CCCCC2)cc1)c1ccc(N2CCC(NC)C2)nc1. The maximum Gasteiger partial charge on any atom is 0.259 e. The number of anilines is 2. The molecule has 162 valence electrons. The van der Waals surface area contributed by atoms with E-state index in [-0.39, 0.29) is 12.5 Å². The first-order valence-corrected chi connectivity index (χ1v) is 11.4. The minimum atomic E-state index is -0.0842. The van der Waals surface area contributed by atoms with Crippen LogP contribution in [0, 0.1) is 12.3 Å². The van der Waals surface area contributed by atoms with E-state index in [1.54, 1.807) is 11.1 Å². The molecular weight excluding hydrogens is 384 g/mol. The predicted molar refractivity (Wildman–Crippen MR) is 127 cm³/mol. The van der Waals surface area contributed by atoms with Crippen LogP contribution in [0.1, 0.15) is 60.4 Å². The molecule has 0 spiro atoms. The molecule has 1 unspecified atom stereocenters. The number of nitrogens with zero attached hydrogens (tertiary/aromatic N) is 3. The minimum absolute atomic E-state index is 0.0842. The van der Waals surface area contributed by atoms with Crippen LogP contribution in [0.2, 0.25) is 0 Å². The molecule has 2 fully saturated rings. The summed E-state index contributed by atoms with van der Waals surface area (Å²) in [5, 5.41) is 3.32. The molecule has 4 rings (SSSR count). The van der Waals surface area contributed by atoms with E-state index in [1.807, 2.05) is 31.3 Å². The second kappa shape index (κ2) is 9.98. The van der Waals surface area contributed by atoms with Gasteiger partial charge in [0.2, 0.25) is 0 Å². The molecule has 1 atom stereocenters. The fraction of sp³-hybridized carbons (Fsp3) is 0.462. The molecule has 5 heteroatoms. The number of hydrogen-bond donors (Lipinski definition) is 1. The number of nitrogens with one attached hydrogen (secondary N) is 1. The van der Waals surface area contributed by atoms with Gasteiger partial charge in [-0.25, -0.2) is 4.98 Å². The van der Waals surface area contributed by atoms with Gasteiger partial charge in [0.25, 0.3) is 5.91 Å². The average Bonchev–Trinajstić information content (AvgIpc) is 3.32. The first-order chi connectivity index (χ1) is 15.2. The van der Waals surface area contributed by atoms with Crippen LogP contribution >= 0.6 is 0 Å². The number of terminal acetylenes is 1. The third-order valence-corrected chi connectivity index (χ3v) is 6.69. The van der Waals surface area contributed by atoms with E-state index in [4.69, 9.17) is 6.42 Å². The average molecular weight is 417 g/mol. The van der Waals surface area contributed by atoms with E-state index in [0.717, 1.165) is 31.0 Å². The molecule has 1 aliphatic carbocycles. The van der Waals surface area contributed by atoms with Crippen LogP contribution < -0.4 is 15.1 Å². The van der Waals surface area contributed by atoms with Gasteiger partial charge in [0.05, 0.1) is 18.4 Å². The lowest BCUT2D eigenvalue weighted by Gasteiger charge is -2.24. The van der Waals surface area contributed by atoms with E-state index in [1.165, 1.54) is 37.7 Å². The second-order valence-corrected chi connectivity index (χ2v) is 8.65. The van der Waals surface area contributed by atoms with Crippen LogP contribution in [0.3, 0.4) is 0 Å². The Morgan fingerprint density at radius 2 is 1.94 bits per heavy atom. The predicted octanol–water partition coefficient (Wildman–Crippen LogP) is 4.21. The highest BCUT2D eigenvalue weighted by Gasteiger charge is 2.23. The quantitative estimate of drug-likeness (QED) is 0.717. The zero-order valence-corrected chi connectivity index (χ0v) is 18.4. The van der Waals surface area contributed by atoms with Gasteiger partial charge >= 0.3 is 0 Å². The van der Waals surface area contributed by atoms with Gasteiger partial charge in [-0.15, -0.1) is 6.42 Å². The van der Waals surface area contributed by atoms with Gasteiger partial charge in [0.1, 0.15) is 5.82 Å². The number of aromatic nitrogens is 1. The van der Waals surface area contributed by atoms with Crippen molar-refractivity contribution in [2.24, 2.45) is 0 Å². The van der Waals surface area contributed by atoms with Gasteiger partial charge in [0.15, 0.2) is 0 Å². The lowest BCUT2D eigenvalue weighted by molar-refractivity contribution is 0.0990. The fourth-order valence-electron chi connectivity index (χ4n) is 4.79. The smallest absolute Gasteiger partial charge is 0.259 e. The Kier molecular flexibility index (Phi) is 6.89. The summed E-state index contributed by atoms with van der Waals surface area (Å²) in [6.45, 7) is 2.15. The molecule has 1 aromatic heterocycles. The highest BCUT2D eigenvalue weighted by atomic mass is 16.2. The maximum absolute atomic E-state index is 13.2. The number of likely N-dealkylation sites (N-methyl/N-ethyl adjacent to an activating group) is 1. The molecule has 1 N–H and O–H groups in total. The summed E-state index contributed by atoms with van der Waals surface area (Å²) in [4.78, 5) is 21.7. The third-order valence-electron chi connectivity index (χ3n) is 6.69. The molecule has 0 bridgehead atoms. The van der Waals surface area contributed by atoms with Crippen molar-refractivity contribution in [1.29, 1.82) is 0 Å². The number of carbonyl (C=O) groups excluding carboxylic acids is 1. The normalized spacial score (nSPS) is 19.2. The molecule has 1 aromatic carbocycles. The Morgan fingerprint density at radius 1 is 1.16 bits per heavy atom. The van der Waals surface area contributed by atoms with E-state index >= 15 is 0 Å². The summed E-state index contributed by atoms with van der Waals surface area (Å²) in [6, 6.07) is 12.5. The summed E-state index contributed by atoms with van der Waals surface area (Å²) >= 11 is 0. The summed E-state index contributed by atoms with van der Waals surface area (Å²) in [6.07, 6.45) is 14.9. The molecule has 0 radical (unpaired) electrons. The van der Waals surface area contributed by atoms with Crippen molar-refractivity contribution in [2.45, 2.75) is 50.5 Å². The van der Waals surface area contributed by atoms with Crippen molar-refractivity contribution >= 4 is 17.4 Å². The Labute approximate surface area is 185 Å². The first kappa shape index (κ1) is 21.4. The molecular formula is C26H32N4O. The van der Waals surface area contributed by atoms with Crippen LogP contribution in [-0.2, 0) is 0 Å². The van der Waals surface area contributed by atoms with Crippen LogP contribution in [0.5, 0.6) is 0 Å². The number of amides is 1. The number of pyridine rings is 1. The van der Waals surface area contributed by atoms with Gasteiger partial charge < -0.3 is 10.2 Å². The minimum Gasteiger partial charge on any atom is -0.355 e. The van der Waals surface area contributed by atoms with Crippen molar-refractivity contribution in [3.05, 3.63) is 53.7 Å². The first-order valence-electron chi connectivity index (χ1n) is 11.4. The Hall–Kier alpha value is -2.84.